The Morgan fingerprint density at radius 3 is 3.15 bits per heavy atom. The van der Waals surface area contributed by atoms with Gasteiger partial charge in [0.25, 0.3) is 0 Å². The quantitative estimate of drug-likeness (QED) is 0.641. The molecule has 66 valence electrons. The van der Waals surface area contributed by atoms with Crippen LogP contribution in [0.25, 0.3) is 0 Å². The van der Waals surface area contributed by atoms with E-state index in [1.807, 2.05) is 6.07 Å². The van der Waals surface area contributed by atoms with Crippen LogP contribution in [0.3, 0.4) is 0 Å². The summed E-state index contributed by atoms with van der Waals surface area (Å²) in [4.78, 5) is 14.9. The second-order valence-electron chi connectivity index (χ2n) is 3.21. The van der Waals surface area contributed by atoms with Gasteiger partial charge >= 0.3 is 0 Å². The van der Waals surface area contributed by atoms with Crippen LogP contribution in [0.4, 0.5) is 0 Å². The first kappa shape index (κ1) is 7.99. The molecule has 1 fully saturated rings. The lowest BCUT2D eigenvalue weighted by atomic mass is 10.2. The van der Waals surface area contributed by atoms with Crippen molar-refractivity contribution >= 4 is 5.78 Å². The number of ketones is 1. The number of aromatic nitrogens is 2. The monoisotopic (exact) mass is 175 g/mol. The molecule has 4 heteroatoms. The van der Waals surface area contributed by atoms with E-state index in [1.54, 1.807) is 17.0 Å². The van der Waals surface area contributed by atoms with Gasteiger partial charge in [0, 0.05) is 31.3 Å². The fourth-order valence-electron chi connectivity index (χ4n) is 1.73. The first-order valence-electron chi connectivity index (χ1n) is 4.26. The van der Waals surface area contributed by atoms with E-state index in [2.05, 4.69) is 4.98 Å². The fourth-order valence-corrected chi connectivity index (χ4v) is 1.73. The zero-order valence-corrected chi connectivity index (χ0v) is 7.10. The van der Waals surface area contributed by atoms with Crippen molar-refractivity contribution < 1.29 is 4.79 Å². The molecule has 1 aliphatic rings. The van der Waals surface area contributed by atoms with Gasteiger partial charge < -0.3 is 4.57 Å². The molecule has 1 unspecified atom stereocenters. The van der Waals surface area contributed by atoms with Gasteiger partial charge in [-0.05, 0) is 6.42 Å². The highest BCUT2D eigenvalue weighted by molar-refractivity contribution is 5.80. The van der Waals surface area contributed by atoms with E-state index < -0.39 is 0 Å². The van der Waals surface area contributed by atoms with Crippen LogP contribution in [-0.4, -0.2) is 15.3 Å². The van der Waals surface area contributed by atoms with Crippen LogP contribution in [0.1, 0.15) is 31.1 Å². The molecule has 13 heavy (non-hydrogen) atoms. The van der Waals surface area contributed by atoms with Crippen LogP contribution >= 0.6 is 0 Å². The van der Waals surface area contributed by atoms with Gasteiger partial charge in [0.15, 0.2) is 0 Å². The Hall–Kier alpha value is -1.63. The Bertz CT molecular complexity index is 374. The van der Waals surface area contributed by atoms with E-state index in [0.717, 1.165) is 6.42 Å². The van der Waals surface area contributed by atoms with Crippen molar-refractivity contribution in [1.82, 2.24) is 9.55 Å². The molecule has 4 nitrogen and oxygen atoms in total. The van der Waals surface area contributed by atoms with Gasteiger partial charge in [-0.15, -0.1) is 0 Å². The summed E-state index contributed by atoms with van der Waals surface area (Å²) in [5.74, 6) is 0.683. The van der Waals surface area contributed by atoms with Crippen LogP contribution < -0.4 is 0 Å². The Balaban J connectivity index is 2.26. The van der Waals surface area contributed by atoms with Gasteiger partial charge in [-0.25, -0.2) is 4.98 Å². The summed E-state index contributed by atoms with van der Waals surface area (Å²) in [7, 11) is 0. The molecular formula is C9H9N3O. The molecule has 0 aliphatic heterocycles. The second kappa shape index (κ2) is 3.02. The highest BCUT2D eigenvalue weighted by atomic mass is 16.1. The van der Waals surface area contributed by atoms with E-state index in [4.69, 9.17) is 5.26 Å². The maximum atomic E-state index is 11.0. The molecule has 0 amide bonds. The number of carbonyl (C=O) groups excluding carboxylic acids is 1. The van der Waals surface area contributed by atoms with E-state index in [-0.39, 0.29) is 11.8 Å². The van der Waals surface area contributed by atoms with Crippen molar-refractivity contribution in [1.29, 1.82) is 5.26 Å². The van der Waals surface area contributed by atoms with Crippen molar-refractivity contribution in [2.75, 3.05) is 0 Å². The lowest BCUT2D eigenvalue weighted by Gasteiger charge is -2.09. The van der Waals surface area contributed by atoms with Crippen molar-refractivity contribution in [3.05, 3.63) is 18.2 Å². The molecule has 0 spiro atoms. The van der Waals surface area contributed by atoms with Crippen LogP contribution in [0.2, 0.25) is 0 Å². The van der Waals surface area contributed by atoms with Gasteiger partial charge in [-0.3, -0.25) is 4.79 Å². The number of carbonyl (C=O) groups is 1. The third-order valence-electron chi connectivity index (χ3n) is 2.38. The zero-order valence-electron chi connectivity index (χ0n) is 7.10. The van der Waals surface area contributed by atoms with Crippen molar-refractivity contribution in [2.45, 2.75) is 25.3 Å². The number of Topliss-reactive ketones (excluding diaryl/α,β-unsaturated/α-hetero) is 1. The molecule has 1 aliphatic carbocycles. The summed E-state index contributed by atoms with van der Waals surface area (Å²) in [6, 6.07) is 2.16. The van der Waals surface area contributed by atoms with Gasteiger partial charge in [0.2, 0.25) is 5.82 Å². The largest absolute Gasteiger partial charge is 0.319 e. The highest BCUT2D eigenvalue weighted by Gasteiger charge is 2.24. The number of hydrogen-bond donors (Lipinski definition) is 0. The average Bonchev–Trinajstić information content (AvgIpc) is 2.71. The summed E-state index contributed by atoms with van der Waals surface area (Å²) >= 11 is 0. The van der Waals surface area contributed by atoms with E-state index >= 15 is 0 Å². The van der Waals surface area contributed by atoms with Crippen LogP contribution in [0, 0.1) is 11.3 Å². The number of hydrogen-bond acceptors (Lipinski definition) is 3. The van der Waals surface area contributed by atoms with Gasteiger partial charge in [0.05, 0.1) is 0 Å². The summed E-state index contributed by atoms with van der Waals surface area (Å²) in [6.07, 6.45) is 5.38. The van der Waals surface area contributed by atoms with Gasteiger partial charge in [-0.2, -0.15) is 5.26 Å². The van der Waals surface area contributed by atoms with Gasteiger partial charge in [0.1, 0.15) is 11.9 Å². The number of nitrogens with zero attached hydrogens (tertiary/aromatic N) is 3. The minimum Gasteiger partial charge on any atom is -0.319 e. The third-order valence-corrected chi connectivity index (χ3v) is 2.38. The molecule has 0 aromatic carbocycles. The smallest absolute Gasteiger partial charge is 0.212 e. The maximum absolute atomic E-state index is 11.0. The number of imidazole rings is 1. The first-order valence-corrected chi connectivity index (χ1v) is 4.26. The Morgan fingerprint density at radius 2 is 2.54 bits per heavy atom. The predicted octanol–water partition coefficient (Wildman–Crippen LogP) is 1.05. The lowest BCUT2D eigenvalue weighted by Crippen LogP contribution is -2.06. The molecule has 1 saturated carbocycles. The second-order valence-corrected chi connectivity index (χ2v) is 3.21. The SMILES string of the molecule is N#Cc1nccn1C1CCC(=O)C1. The van der Waals surface area contributed by atoms with Crippen LogP contribution in [-0.2, 0) is 4.79 Å². The van der Waals surface area contributed by atoms with E-state index in [9.17, 15) is 4.79 Å². The molecular weight excluding hydrogens is 166 g/mol. The Kier molecular flexibility index (Phi) is 1.85. The molecule has 0 radical (unpaired) electrons. The molecule has 1 aromatic heterocycles. The minimum atomic E-state index is 0.157. The van der Waals surface area contributed by atoms with E-state index in [0.29, 0.717) is 18.7 Å². The highest BCUT2D eigenvalue weighted by Crippen LogP contribution is 2.27. The fraction of sp³-hybridized carbons (Fsp3) is 0.444. The average molecular weight is 175 g/mol. The Morgan fingerprint density at radius 1 is 1.69 bits per heavy atom. The maximum Gasteiger partial charge on any atom is 0.212 e. The molecule has 1 heterocycles. The van der Waals surface area contributed by atoms with E-state index in [1.165, 1.54) is 0 Å². The minimum absolute atomic E-state index is 0.157. The zero-order chi connectivity index (χ0) is 9.26. The normalized spacial score (nSPS) is 21.8. The lowest BCUT2D eigenvalue weighted by molar-refractivity contribution is -0.117. The first-order chi connectivity index (χ1) is 6.31. The topological polar surface area (TPSA) is 58.7 Å². The molecule has 1 atom stereocenters. The Labute approximate surface area is 75.8 Å². The number of nitriles is 1. The van der Waals surface area contributed by atoms with Gasteiger partial charge in [-0.1, -0.05) is 0 Å². The summed E-state index contributed by atoms with van der Waals surface area (Å²) in [5.41, 5.74) is 0. The molecule has 0 bridgehead atoms. The predicted molar refractivity (Wildman–Crippen MR) is 44.8 cm³/mol. The van der Waals surface area contributed by atoms with Crippen molar-refractivity contribution in [2.24, 2.45) is 0 Å². The summed E-state index contributed by atoms with van der Waals surface area (Å²) in [6.45, 7) is 0. The number of rotatable bonds is 1. The summed E-state index contributed by atoms with van der Waals surface area (Å²) < 4.78 is 1.80. The van der Waals surface area contributed by atoms with Crippen LogP contribution in [0.15, 0.2) is 12.4 Å². The van der Waals surface area contributed by atoms with Crippen molar-refractivity contribution in [3.63, 3.8) is 0 Å². The molecule has 0 N–H and O–H groups in total. The molecule has 2 rings (SSSR count). The summed E-state index contributed by atoms with van der Waals surface area (Å²) in [5, 5.41) is 8.72. The third kappa shape index (κ3) is 1.33. The standard InChI is InChI=1S/C9H9N3O/c10-6-9-11-3-4-12(9)7-1-2-8(13)5-7/h3-4,7H,1-2,5H2. The van der Waals surface area contributed by atoms with Crippen LogP contribution in [0.5, 0.6) is 0 Å². The molecule has 1 aromatic rings. The molecule has 0 saturated heterocycles. The van der Waals surface area contributed by atoms with Crippen molar-refractivity contribution in [3.8, 4) is 6.07 Å².